The number of nitro groups is 1. The Kier molecular flexibility index (Phi) is 7.71. The topological polar surface area (TPSA) is 93.7 Å². The first-order valence-electron chi connectivity index (χ1n) is 12.0. The van der Waals surface area contributed by atoms with Crippen LogP contribution < -0.4 is 4.90 Å². The van der Waals surface area contributed by atoms with E-state index in [4.69, 9.17) is 4.74 Å². The minimum Gasteiger partial charge on any atom is -0.465 e. The second-order valence-corrected chi connectivity index (χ2v) is 10.4. The minimum absolute atomic E-state index is 0.0117. The standard InChI is InChI=1S/C25H33N5O4S/c1-27(2)13-8-14-28(3)24-21(25(31)34-4)22(30(32)33)23(35-24)17-11-12-20-19(15-17)26-16-29(20)18-9-6-5-7-10-18/h11-12,15-16,18H,5-10,13-14H2,1-4H3. The number of hydrogen-bond donors (Lipinski definition) is 0. The van der Waals surface area contributed by atoms with E-state index < -0.39 is 10.9 Å². The Morgan fingerprint density at radius 1 is 1.23 bits per heavy atom. The number of thiophene rings is 1. The number of imidazole rings is 1. The molecule has 2 aromatic heterocycles. The molecule has 10 heteroatoms. The van der Waals surface area contributed by atoms with Crippen LogP contribution in [0.2, 0.25) is 0 Å². The quantitative estimate of drug-likeness (QED) is 0.222. The van der Waals surface area contributed by atoms with Gasteiger partial charge in [-0.3, -0.25) is 10.1 Å². The second-order valence-electron chi connectivity index (χ2n) is 9.43. The van der Waals surface area contributed by atoms with Gasteiger partial charge in [-0.15, -0.1) is 11.3 Å². The van der Waals surface area contributed by atoms with Gasteiger partial charge >= 0.3 is 11.7 Å². The Morgan fingerprint density at radius 2 is 1.97 bits per heavy atom. The van der Waals surface area contributed by atoms with Crippen LogP contribution in [0.5, 0.6) is 0 Å². The Labute approximate surface area is 209 Å². The number of nitrogens with zero attached hydrogens (tertiary/aromatic N) is 5. The van der Waals surface area contributed by atoms with E-state index in [1.165, 1.54) is 37.7 Å². The molecule has 4 rings (SSSR count). The Bertz CT molecular complexity index is 1210. The van der Waals surface area contributed by atoms with Crippen LogP contribution in [0, 0.1) is 10.1 Å². The summed E-state index contributed by atoms with van der Waals surface area (Å²) in [5.41, 5.74) is 2.33. The van der Waals surface area contributed by atoms with Crippen molar-refractivity contribution in [3.8, 4) is 10.4 Å². The maximum atomic E-state index is 12.7. The molecule has 188 valence electrons. The number of carbonyl (C=O) groups is 1. The monoisotopic (exact) mass is 499 g/mol. The molecule has 1 aromatic carbocycles. The molecule has 3 aromatic rings. The first kappa shape index (κ1) is 25.1. The summed E-state index contributed by atoms with van der Waals surface area (Å²) in [5, 5.41) is 12.8. The molecule has 0 radical (unpaired) electrons. The van der Waals surface area contributed by atoms with Crippen LogP contribution in [-0.4, -0.2) is 66.7 Å². The number of carbonyl (C=O) groups excluding carboxylic acids is 1. The zero-order valence-corrected chi connectivity index (χ0v) is 21.6. The summed E-state index contributed by atoms with van der Waals surface area (Å²) in [6.45, 7) is 1.53. The number of hydrogen-bond acceptors (Lipinski definition) is 8. The number of rotatable bonds is 9. The first-order valence-corrected chi connectivity index (χ1v) is 12.9. The largest absolute Gasteiger partial charge is 0.465 e. The molecule has 0 unspecified atom stereocenters. The smallest absolute Gasteiger partial charge is 0.347 e. The van der Waals surface area contributed by atoms with Gasteiger partial charge in [-0.05, 0) is 52.0 Å². The number of methoxy groups -OCH3 is 1. The molecule has 1 aliphatic rings. The average Bonchev–Trinajstić information content (AvgIpc) is 3.45. The maximum Gasteiger partial charge on any atom is 0.347 e. The van der Waals surface area contributed by atoms with Gasteiger partial charge in [-0.2, -0.15) is 0 Å². The van der Waals surface area contributed by atoms with Crippen LogP contribution >= 0.6 is 11.3 Å². The number of benzene rings is 1. The third kappa shape index (κ3) is 5.18. The molecule has 0 spiro atoms. The van der Waals surface area contributed by atoms with Gasteiger partial charge in [-0.25, -0.2) is 9.78 Å². The van der Waals surface area contributed by atoms with Crippen LogP contribution in [0.1, 0.15) is 54.9 Å². The highest BCUT2D eigenvalue weighted by Gasteiger charge is 2.35. The number of fused-ring (bicyclic) bond motifs is 1. The van der Waals surface area contributed by atoms with Crippen LogP contribution in [-0.2, 0) is 4.74 Å². The lowest BCUT2D eigenvalue weighted by molar-refractivity contribution is -0.384. The zero-order chi connectivity index (χ0) is 25.1. The normalized spacial score (nSPS) is 14.5. The maximum absolute atomic E-state index is 12.7. The van der Waals surface area contributed by atoms with Gasteiger partial charge < -0.3 is 19.1 Å². The van der Waals surface area contributed by atoms with Gasteiger partial charge in [0.2, 0.25) is 0 Å². The predicted molar refractivity (Wildman–Crippen MR) is 140 cm³/mol. The van der Waals surface area contributed by atoms with E-state index in [1.807, 2.05) is 50.6 Å². The van der Waals surface area contributed by atoms with Crippen LogP contribution in [0.15, 0.2) is 24.5 Å². The van der Waals surface area contributed by atoms with E-state index in [9.17, 15) is 14.9 Å². The van der Waals surface area contributed by atoms with Crippen molar-refractivity contribution in [2.45, 2.75) is 44.6 Å². The molecule has 2 heterocycles. The van der Waals surface area contributed by atoms with Crippen LogP contribution in [0.25, 0.3) is 21.5 Å². The fourth-order valence-corrected chi connectivity index (χ4v) is 6.13. The Hall–Kier alpha value is -2.98. The third-order valence-electron chi connectivity index (χ3n) is 6.69. The van der Waals surface area contributed by atoms with Gasteiger partial charge in [0.05, 0.1) is 29.4 Å². The number of esters is 1. The van der Waals surface area contributed by atoms with E-state index in [-0.39, 0.29) is 11.3 Å². The minimum atomic E-state index is -0.698. The van der Waals surface area contributed by atoms with E-state index in [1.54, 1.807) is 0 Å². The van der Waals surface area contributed by atoms with Crippen molar-refractivity contribution >= 4 is 39.0 Å². The summed E-state index contributed by atoms with van der Waals surface area (Å²) in [6, 6.07) is 6.24. The van der Waals surface area contributed by atoms with E-state index >= 15 is 0 Å². The summed E-state index contributed by atoms with van der Waals surface area (Å²) in [5.74, 6) is -0.698. The molecule has 0 atom stereocenters. The predicted octanol–water partition coefficient (Wildman–Crippen LogP) is 5.35. The fraction of sp³-hybridized carbons (Fsp3) is 0.520. The van der Waals surface area contributed by atoms with Crippen molar-refractivity contribution in [2.24, 2.45) is 0 Å². The molecule has 0 N–H and O–H groups in total. The SMILES string of the molecule is COC(=O)c1c(N(C)CCCN(C)C)sc(-c2ccc3c(c2)ncn3C2CCCCC2)c1[N+](=O)[O-]. The van der Waals surface area contributed by atoms with Crippen LogP contribution in [0.4, 0.5) is 10.7 Å². The number of aromatic nitrogens is 2. The van der Waals surface area contributed by atoms with E-state index in [2.05, 4.69) is 14.5 Å². The van der Waals surface area contributed by atoms with Crippen molar-refractivity contribution in [1.29, 1.82) is 0 Å². The van der Waals surface area contributed by atoms with Crippen molar-refractivity contribution in [3.63, 3.8) is 0 Å². The Morgan fingerprint density at radius 3 is 2.63 bits per heavy atom. The summed E-state index contributed by atoms with van der Waals surface area (Å²) < 4.78 is 7.20. The summed E-state index contributed by atoms with van der Waals surface area (Å²) >= 11 is 1.26. The highest BCUT2D eigenvalue weighted by molar-refractivity contribution is 7.20. The van der Waals surface area contributed by atoms with E-state index in [0.717, 1.165) is 36.8 Å². The molecular formula is C25H33N5O4S. The highest BCUT2D eigenvalue weighted by atomic mass is 32.1. The molecule has 9 nitrogen and oxygen atoms in total. The summed E-state index contributed by atoms with van der Waals surface area (Å²) in [4.78, 5) is 33.5. The third-order valence-corrected chi connectivity index (χ3v) is 8.03. The lowest BCUT2D eigenvalue weighted by Gasteiger charge is -2.23. The highest BCUT2D eigenvalue weighted by Crippen LogP contribution is 2.47. The van der Waals surface area contributed by atoms with Crippen molar-refractivity contribution in [1.82, 2.24) is 14.5 Å². The number of ether oxygens (including phenoxy) is 1. The Balaban J connectivity index is 1.76. The molecule has 1 saturated carbocycles. The first-order chi connectivity index (χ1) is 16.8. The molecule has 0 bridgehead atoms. The van der Waals surface area contributed by atoms with E-state index in [0.29, 0.717) is 28.0 Å². The average molecular weight is 500 g/mol. The molecular weight excluding hydrogens is 466 g/mol. The summed E-state index contributed by atoms with van der Waals surface area (Å²) in [7, 11) is 7.11. The van der Waals surface area contributed by atoms with Gasteiger partial charge in [-0.1, -0.05) is 25.3 Å². The lowest BCUT2D eigenvalue weighted by Crippen LogP contribution is -2.24. The van der Waals surface area contributed by atoms with Gasteiger partial charge in [0.1, 0.15) is 9.88 Å². The molecule has 1 fully saturated rings. The molecule has 0 aliphatic heterocycles. The number of anilines is 1. The molecule has 35 heavy (non-hydrogen) atoms. The van der Waals surface area contributed by atoms with Gasteiger partial charge in [0.25, 0.3) is 0 Å². The summed E-state index contributed by atoms with van der Waals surface area (Å²) in [6.07, 6.45) is 8.78. The van der Waals surface area contributed by atoms with Gasteiger partial charge in [0, 0.05) is 25.2 Å². The van der Waals surface area contributed by atoms with Crippen molar-refractivity contribution in [2.75, 3.05) is 46.2 Å². The van der Waals surface area contributed by atoms with Crippen molar-refractivity contribution in [3.05, 3.63) is 40.2 Å². The fourth-order valence-electron chi connectivity index (χ4n) is 4.88. The van der Waals surface area contributed by atoms with Crippen molar-refractivity contribution < 1.29 is 14.5 Å². The molecule has 1 aliphatic carbocycles. The zero-order valence-electron chi connectivity index (χ0n) is 20.8. The second kappa shape index (κ2) is 10.7. The molecule has 0 amide bonds. The molecule has 0 saturated heterocycles. The van der Waals surface area contributed by atoms with Gasteiger partial charge in [0.15, 0.2) is 5.56 Å². The van der Waals surface area contributed by atoms with Crippen LogP contribution in [0.3, 0.4) is 0 Å². The lowest BCUT2D eigenvalue weighted by atomic mass is 9.95.